The van der Waals surface area contributed by atoms with Crippen LogP contribution >= 0.6 is 11.8 Å². The fraction of sp³-hybridized carbons (Fsp3) is 0.769. The van der Waals surface area contributed by atoms with Gasteiger partial charge in [0.05, 0.1) is 46.2 Å². The number of hydrogen-bond acceptors (Lipinski definition) is 6. The predicted octanol–water partition coefficient (Wildman–Crippen LogP) is 0.966. The van der Waals surface area contributed by atoms with E-state index < -0.39 is 0 Å². The minimum absolute atomic E-state index is 0.114. The Morgan fingerprint density at radius 3 is 1.89 bits per heavy atom. The van der Waals surface area contributed by atoms with E-state index >= 15 is 0 Å². The van der Waals surface area contributed by atoms with Gasteiger partial charge in [0.1, 0.15) is 6.61 Å². The lowest BCUT2D eigenvalue weighted by Gasteiger charge is -2.06. The largest absolute Gasteiger partial charge is 0.378 e. The Kier molecular flexibility index (Phi) is 15.0. The maximum absolute atomic E-state index is 10.6. The van der Waals surface area contributed by atoms with E-state index in [0.717, 1.165) is 0 Å². The molecule has 6 heteroatoms. The first-order valence-corrected chi connectivity index (χ1v) is 7.13. The molecule has 0 unspecified atom stereocenters. The first-order valence-electron chi connectivity index (χ1n) is 6.15. The third-order valence-electron chi connectivity index (χ3n) is 1.83. The average Bonchev–Trinajstić information content (AvgIpc) is 2.39. The number of carbonyl (C=O) groups is 1. The molecule has 0 radical (unpaired) electrons. The molecule has 0 aromatic rings. The Balaban J connectivity index is 2.95. The summed E-state index contributed by atoms with van der Waals surface area (Å²) in [5.74, 6) is 3.07. The number of ether oxygens (including phenoxy) is 4. The van der Waals surface area contributed by atoms with Crippen LogP contribution in [0.15, 0.2) is 0 Å². The van der Waals surface area contributed by atoms with E-state index in [2.05, 4.69) is 5.92 Å². The first kappa shape index (κ1) is 18.4. The number of hydrogen-bond donors (Lipinski definition) is 0. The molecule has 0 bridgehead atoms. The molecule has 110 valence electrons. The number of thioether (sulfide) groups is 1. The van der Waals surface area contributed by atoms with Crippen molar-refractivity contribution >= 4 is 16.9 Å². The highest BCUT2D eigenvalue weighted by molar-refractivity contribution is 8.13. The molecule has 0 aromatic carbocycles. The van der Waals surface area contributed by atoms with Gasteiger partial charge in [-0.1, -0.05) is 17.7 Å². The summed E-state index contributed by atoms with van der Waals surface area (Å²) < 4.78 is 20.9. The summed E-state index contributed by atoms with van der Waals surface area (Å²) in [7, 11) is 0. The second-order valence-corrected chi connectivity index (χ2v) is 4.71. The number of carbonyl (C=O) groups excluding carboxylic acids is 1. The standard InChI is InChI=1S/C13H22O5S/c1-3-4-15-5-6-16-7-8-17-9-10-18-11-12-19-13(2)14/h1H,4-12H2,2H3. The molecule has 5 nitrogen and oxygen atoms in total. The molecule has 0 spiro atoms. The third kappa shape index (κ3) is 17.4. The predicted molar refractivity (Wildman–Crippen MR) is 75.2 cm³/mol. The minimum atomic E-state index is 0.114. The van der Waals surface area contributed by atoms with Crippen LogP contribution in [0.5, 0.6) is 0 Å². The van der Waals surface area contributed by atoms with Gasteiger partial charge in [-0.05, 0) is 0 Å². The van der Waals surface area contributed by atoms with Crippen molar-refractivity contribution in [2.24, 2.45) is 0 Å². The molecule has 0 aliphatic rings. The van der Waals surface area contributed by atoms with E-state index in [0.29, 0.717) is 58.6 Å². The van der Waals surface area contributed by atoms with Gasteiger partial charge in [-0.15, -0.1) is 6.42 Å². The van der Waals surface area contributed by atoms with E-state index in [1.807, 2.05) is 0 Å². The molecule has 0 fully saturated rings. The third-order valence-corrected chi connectivity index (χ3v) is 2.61. The topological polar surface area (TPSA) is 54.0 Å². The van der Waals surface area contributed by atoms with Crippen molar-refractivity contribution in [1.82, 2.24) is 0 Å². The van der Waals surface area contributed by atoms with Crippen LogP contribution in [-0.4, -0.2) is 63.7 Å². The molecule has 0 rings (SSSR count). The van der Waals surface area contributed by atoms with Crippen LogP contribution in [0, 0.1) is 12.3 Å². The maximum Gasteiger partial charge on any atom is 0.185 e. The molecule has 0 heterocycles. The van der Waals surface area contributed by atoms with Gasteiger partial charge in [-0.3, -0.25) is 4.79 Å². The summed E-state index contributed by atoms with van der Waals surface area (Å²) in [5.41, 5.74) is 0. The molecule has 0 atom stereocenters. The van der Waals surface area contributed by atoms with E-state index in [4.69, 9.17) is 25.4 Å². The van der Waals surface area contributed by atoms with Crippen LogP contribution in [0.1, 0.15) is 6.92 Å². The Morgan fingerprint density at radius 1 is 0.947 bits per heavy atom. The van der Waals surface area contributed by atoms with Crippen molar-refractivity contribution in [2.45, 2.75) is 6.92 Å². The lowest BCUT2D eigenvalue weighted by molar-refractivity contribution is -0.109. The zero-order chi connectivity index (χ0) is 14.2. The number of terminal acetylenes is 1. The van der Waals surface area contributed by atoms with Gasteiger partial charge >= 0.3 is 0 Å². The van der Waals surface area contributed by atoms with E-state index in [-0.39, 0.29) is 5.12 Å². The maximum atomic E-state index is 10.6. The van der Waals surface area contributed by atoms with Crippen molar-refractivity contribution in [3.05, 3.63) is 0 Å². The van der Waals surface area contributed by atoms with Crippen LogP contribution in [0.25, 0.3) is 0 Å². The zero-order valence-electron chi connectivity index (χ0n) is 11.4. The molecule has 0 aliphatic heterocycles. The second-order valence-electron chi connectivity index (χ2n) is 3.43. The van der Waals surface area contributed by atoms with Crippen molar-refractivity contribution in [3.8, 4) is 12.3 Å². The van der Waals surface area contributed by atoms with E-state index in [1.165, 1.54) is 11.8 Å². The van der Waals surface area contributed by atoms with Crippen molar-refractivity contribution in [3.63, 3.8) is 0 Å². The Morgan fingerprint density at radius 2 is 1.42 bits per heavy atom. The van der Waals surface area contributed by atoms with Crippen LogP contribution < -0.4 is 0 Å². The molecule has 0 N–H and O–H groups in total. The summed E-state index contributed by atoms with van der Waals surface area (Å²) in [4.78, 5) is 10.6. The zero-order valence-corrected chi connectivity index (χ0v) is 12.2. The van der Waals surface area contributed by atoms with Crippen LogP contribution in [-0.2, 0) is 23.7 Å². The molecule has 0 amide bonds. The molecule has 0 saturated carbocycles. The Bertz CT molecular complexity index is 252. The lowest BCUT2D eigenvalue weighted by atomic mass is 10.7. The van der Waals surface area contributed by atoms with Gasteiger partial charge in [0, 0.05) is 12.7 Å². The highest BCUT2D eigenvalue weighted by Gasteiger charge is 1.95. The second kappa shape index (κ2) is 15.5. The van der Waals surface area contributed by atoms with Gasteiger partial charge in [0.25, 0.3) is 0 Å². The van der Waals surface area contributed by atoms with Crippen molar-refractivity contribution in [1.29, 1.82) is 0 Å². The van der Waals surface area contributed by atoms with Crippen LogP contribution in [0.4, 0.5) is 0 Å². The molecule has 0 aliphatic carbocycles. The smallest absolute Gasteiger partial charge is 0.185 e. The fourth-order valence-electron chi connectivity index (χ4n) is 1.04. The summed E-state index contributed by atoms with van der Waals surface area (Å²) in [6.45, 7) is 5.57. The van der Waals surface area contributed by atoms with Gasteiger partial charge < -0.3 is 18.9 Å². The SMILES string of the molecule is C#CCOCCOCCOCCOCCSC(C)=O. The monoisotopic (exact) mass is 290 g/mol. The Hall–Kier alpha value is -0.580. The summed E-state index contributed by atoms with van der Waals surface area (Å²) in [6.07, 6.45) is 5.02. The summed E-state index contributed by atoms with van der Waals surface area (Å²) in [5, 5.41) is 0.114. The van der Waals surface area contributed by atoms with Gasteiger partial charge in [-0.2, -0.15) is 0 Å². The first-order chi connectivity index (χ1) is 9.27. The molecular formula is C13H22O5S. The van der Waals surface area contributed by atoms with E-state index in [9.17, 15) is 4.79 Å². The van der Waals surface area contributed by atoms with Crippen molar-refractivity contribution in [2.75, 3.05) is 58.6 Å². The normalized spacial score (nSPS) is 10.3. The minimum Gasteiger partial charge on any atom is -0.378 e. The van der Waals surface area contributed by atoms with Gasteiger partial charge in [0.2, 0.25) is 0 Å². The molecule has 0 aromatic heterocycles. The van der Waals surface area contributed by atoms with Crippen LogP contribution in [0.3, 0.4) is 0 Å². The lowest BCUT2D eigenvalue weighted by Crippen LogP contribution is -2.12. The average molecular weight is 290 g/mol. The fourth-order valence-corrected chi connectivity index (χ4v) is 1.52. The van der Waals surface area contributed by atoms with E-state index in [1.54, 1.807) is 6.92 Å². The quantitative estimate of drug-likeness (QED) is 0.372. The van der Waals surface area contributed by atoms with Gasteiger partial charge in [0.15, 0.2) is 5.12 Å². The van der Waals surface area contributed by atoms with Gasteiger partial charge in [-0.25, -0.2) is 0 Å². The molecular weight excluding hydrogens is 268 g/mol. The number of rotatable bonds is 13. The highest BCUT2D eigenvalue weighted by Crippen LogP contribution is 1.99. The Labute approximate surface area is 119 Å². The summed E-state index contributed by atoms with van der Waals surface area (Å²) in [6, 6.07) is 0. The molecule has 0 saturated heterocycles. The molecule has 19 heavy (non-hydrogen) atoms. The highest BCUT2D eigenvalue weighted by atomic mass is 32.2. The van der Waals surface area contributed by atoms with Crippen LogP contribution in [0.2, 0.25) is 0 Å². The van der Waals surface area contributed by atoms with Crippen molar-refractivity contribution < 1.29 is 23.7 Å². The summed E-state index contributed by atoms with van der Waals surface area (Å²) >= 11 is 1.27.